The van der Waals surface area contributed by atoms with Crippen LogP contribution in [0.4, 0.5) is 5.69 Å². The molecule has 0 radical (unpaired) electrons. The van der Waals surface area contributed by atoms with Gasteiger partial charge in [-0.2, -0.15) is 0 Å². The molecular weight excluding hydrogens is 220 g/mol. The third kappa shape index (κ3) is 3.49. The van der Waals surface area contributed by atoms with Crippen molar-refractivity contribution in [3.05, 3.63) is 29.8 Å². The average Bonchev–Trinajstić information content (AvgIpc) is 2.27. The molecule has 2 heteroatoms. The number of hydrogen-bond acceptors (Lipinski definition) is 2. The van der Waals surface area contributed by atoms with Crippen molar-refractivity contribution >= 4 is 5.69 Å². The summed E-state index contributed by atoms with van der Waals surface area (Å²) >= 11 is 0. The van der Waals surface area contributed by atoms with Crippen LogP contribution in [0.2, 0.25) is 0 Å². The number of nitrogens with one attached hydrogen (secondary N) is 2. The van der Waals surface area contributed by atoms with Crippen molar-refractivity contribution in [2.75, 3.05) is 5.32 Å². The molecule has 1 aliphatic heterocycles. The van der Waals surface area contributed by atoms with Crippen molar-refractivity contribution in [1.29, 1.82) is 0 Å². The summed E-state index contributed by atoms with van der Waals surface area (Å²) in [4.78, 5) is 0. The number of hydrogen-bond donors (Lipinski definition) is 2. The lowest BCUT2D eigenvalue weighted by atomic mass is 9.84. The maximum atomic E-state index is 3.60. The van der Waals surface area contributed by atoms with E-state index in [1.165, 1.54) is 24.1 Å². The Labute approximate surface area is 111 Å². The zero-order chi connectivity index (χ0) is 13.1. The molecule has 0 spiro atoms. The highest BCUT2D eigenvalue weighted by Gasteiger charge is 2.24. The molecule has 1 heterocycles. The Balaban J connectivity index is 2.04. The molecule has 0 bridgehead atoms. The number of rotatable bonds is 3. The lowest BCUT2D eigenvalue weighted by Crippen LogP contribution is -2.41. The molecule has 0 aliphatic carbocycles. The lowest BCUT2D eigenvalue weighted by Gasteiger charge is -2.33. The van der Waals surface area contributed by atoms with Crippen LogP contribution in [0.25, 0.3) is 0 Å². The van der Waals surface area contributed by atoms with Gasteiger partial charge in [0.05, 0.1) is 0 Å². The van der Waals surface area contributed by atoms with Gasteiger partial charge in [-0.15, -0.1) is 0 Å². The monoisotopic (exact) mass is 246 g/mol. The van der Waals surface area contributed by atoms with Crippen molar-refractivity contribution in [1.82, 2.24) is 5.32 Å². The van der Waals surface area contributed by atoms with E-state index in [9.17, 15) is 0 Å². The third-order valence-corrected chi connectivity index (χ3v) is 3.68. The second kappa shape index (κ2) is 5.75. The summed E-state index contributed by atoms with van der Waals surface area (Å²) in [6.45, 7) is 8.92. The van der Waals surface area contributed by atoms with Gasteiger partial charge in [-0.25, -0.2) is 0 Å². The van der Waals surface area contributed by atoms with Crippen LogP contribution in [0, 0.1) is 0 Å². The van der Waals surface area contributed by atoms with Crippen LogP contribution < -0.4 is 10.6 Å². The summed E-state index contributed by atoms with van der Waals surface area (Å²) in [5.74, 6) is 0.712. The molecule has 2 N–H and O–H groups in total. The quantitative estimate of drug-likeness (QED) is 0.848. The fraction of sp³-hybridized carbons (Fsp3) is 0.625. The summed E-state index contributed by atoms with van der Waals surface area (Å²) in [5.41, 5.74) is 2.72. The van der Waals surface area contributed by atoms with E-state index in [1.807, 2.05) is 0 Å². The van der Waals surface area contributed by atoms with E-state index in [0.717, 1.165) is 0 Å². The molecule has 3 atom stereocenters. The molecule has 1 saturated heterocycles. The summed E-state index contributed by atoms with van der Waals surface area (Å²) in [6, 6.07) is 10.8. The second-order valence-corrected chi connectivity index (χ2v) is 6.06. The molecular formula is C16H26N2. The molecule has 1 fully saturated rings. The lowest BCUT2D eigenvalue weighted by molar-refractivity contribution is 0.317. The summed E-state index contributed by atoms with van der Waals surface area (Å²) in [6.07, 6.45) is 2.50. The number of anilines is 1. The Kier molecular flexibility index (Phi) is 4.28. The molecule has 1 aliphatic rings. The van der Waals surface area contributed by atoms with Crippen molar-refractivity contribution in [3.63, 3.8) is 0 Å². The van der Waals surface area contributed by atoms with Gasteiger partial charge >= 0.3 is 0 Å². The highest BCUT2D eigenvalue weighted by atomic mass is 15.0. The predicted molar refractivity (Wildman–Crippen MR) is 79.2 cm³/mol. The maximum Gasteiger partial charge on any atom is 0.0342 e. The molecule has 18 heavy (non-hydrogen) atoms. The topological polar surface area (TPSA) is 24.1 Å². The summed E-state index contributed by atoms with van der Waals surface area (Å²) in [7, 11) is 0. The Morgan fingerprint density at radius 3 is 2.11 bits per heavy atom. The van der Waals surface area contributed by atoms with E-state index in [-0.39, 0.29) is 0 Å². The van der Waals surface area contributed by atoms with Gasteiger partial charge in [0.2, 0.25) is 0 Å². The molecule has 1 unspecified atom stereocenters. The van der Waals surface area contributed by atoms with Gasteiger partial charge in [0.25, 0.3) is 0 Å². The minimum Gasteiger partial charge on any atom is -0.383 e. The van der Waals surface area contributed by atoms with E-state index >= 15 is 0 Å². The molecule has 0 aromatic heterocycles. The van der Waals surface area contributed by atoms with Crippen molar-refractivity contribution in [2.24, 2.45) is 0 Å². The third-order valence-electron chi connectivity index (χ3n) is 3.68. The van der Waals surface area contributed by atoms with Crippen LogP contribution >= 0.6 is 0 Å². The van der Waals surface area contributed by atoms with Crippen LogP contribution in [0.5, 0.6) is 0 Å². The molecule has 2 nitrogen and oxygen atoms in total. The standard InChI is InChI=1S/C16H26N2/c1-11(2)17-16-7-5-14(6-8-16)15-9-12(3)18-13(4)10-15/h5-8,11-13,15,17-18H,9-10H2,1-4H3/t12-,13+,15?. The Hall–Kier alpha value is -1.02. The number of benzene rings is 1. The number of piperidine rings is 1. The largest absolute Gasteiger partial charge is 0.383 e. The first-order chi connectivity index (χ1) is 8.54. The zero-order valence-electron chi connectivity index (χ0n) is 12.0. The van der Waals surface area contributed by atoms with Crippen LogP contribution in [-0.2, 0) is 0 Å². The van der Waals surface area contributed by atoms with Gasteiger partial charge in [0.15, 0.2) is 0 Å². The van der Waals surface area contributed by atoms with Crippen LogP contribution in [0.1, 0.15) is 52.0 Å². The molecule has 0 amide bonds. The molecule has 100 valence electrons. The van der Waals surface area contributed by atoms with Crippen molar-refractivity contribution < 1.29 is 0 Å². The Morgan fingerprint density at radius 1 is 1.06 bits per heavy atom. The average molecular weight is 246 g/mol. The molecule has 1 aromatic carbocycles. The van der Waals surface area contributed by atoms with Crippen molar-refractivity contribution in [2.45, 2.75) is 64.6 Å². The minimum atomic E-state index is 0.495. The van der Waals surface area contributed by atoms with E-state index in [2.05, 4.69) is 62.6 Å². The zero-order valence-corrected chi connectivity index (χ0v) is 12.0. The van der Waals surface area contributed by atoms with Crippen LogP contribution in [-0.4, -0.2) is 18.1 Å². The second-order valence-electron chi connectivity index (χ2n) is 6.06. The van der Waals surface area contributed by atoms with Crippen molar-refractivity contribution in [3.8, 4) is 0 Å². The van der Waals surface area contributed by atoms with E-state index < -0.39 is 0 Å². The first-order valence-corrected chi connectivity index (χ1v) is 7.17. The highest BCUT2D eigenvalue weighted by molar-refractivity contribution is 5.45. The van der Waals surface area contributed by atoms with Gasteiger partial charge in [-0.05, 0) is 64.2 Å². The fourth-order valence-electron chi connectivity index (χ4n) is 3.03. The minimum absolute atomic E-state index is 0.495. The summed E-state index contributed by atoms with van der Waals surface area (Å²) < 4.78 is 0. The van der Waals surface area contributed by atoms with Gasteiger partial charge in [-0.1, -0.05) is 12.1 Å². The molecule has 2 rings (SSSR count). The van der Waals surface area contributed by atoms with Gasteiger partial charge < -0.3 is 10.6 Å². The maximum absolute atomic E-state index is 3.60. The summed E-state index contributed by atoms with van der Waals surface area (Å²) in [5, 5.41) is 7.04. The Morgan fingerprint density at radius 2 is 1.61 bits per heavy atom. The molecule has 0 saturated carbocycles. The first-order valence-electron chi connectivity index (χ1n) is 7.17. The van der Waals surface area contributed by atoms with Crippen LogP contribution in [0.15, 0.2) is 24.3 Å². The SMILES string of the molecule is CC(C)Nc1ccc(C2C[C@@H](C)N[C@@H](C)C2)cc1. The van der Waals surface area contributed by atoms with E-state index in [4.69, 9.17) is 0 Å². The first kappa shape index (κ1) is 13.4. The van der Waals surface area contributed by atoms with Gasteiger partial charge in [0, 0.05) is 23.8 Å². The van der Waals surface area contributed by atoms with Crippen LogP contribution in [0.3, 0.4) is 0 Å². The predicted octanol–water partition coefficient (Wildman–Crippen LogP) is 3.75. The van der Waals surface area contributed by atoms with E-state index in [1.54, 1.807) is 0 Å². The van der Waals surface area contributed by atoms with Gasteiger partial charge in [0.1, 0.15) is 0 Å². The fourth-order valence-corrected chi connectivity index (χ4v) is 3.03. The Bertz CT molecular complexity index is 359. The van der Waals surface area contributed by atoms with Gasteiger partial charge in [-0.3, -0.25) is 0 Å². The smallest absolute Gasteiger partial charge is 0.0342 e. The molecule has 1 aromatic rings. The highest BCUT2D eigenvalue weighted by Crippen LogP contribution is 2.30. The van der Waals surface area contributed by atoms with E-state index in [0.29, 0.717) is 24.0 Å². The normalized spacial score (nSPS) is 28.4.